The van der Waals surface area contributed by atoms with Crippen LogP contribution in [0, 0.1) is 11.8 Å². The fraction of sp³-hybridized carbons (Fsp3) is 0.640. The van der Waals surface area contributed by atoms with Crippen LogP contribution in [0.15, 0.2) is 30.3 Å². The fourth-order valence-electron chi connectivity index (χ4n) is 6.46. The second kappa shape index (κ2) is 10.2. The van der Waals surface area contributed by atoms with Crippen molar-refractivity contribution in [3.63, 3.8) is 0 Å². The van der Waals surface area contributed by atoms with E-state index in [1.807, 2.05) is 30.3 Å². The second-order valence-electron chi connectivity index (χ2n) is 10.5. The molecule has 1 aromatic carbocycles. The lowest BCUT2D eigenvalue weighted by molar-refractivity contribution is -0.137. The fourth-order valence-corrected chi connectivity index (χ4v) is 6.46. The zero-order chi connectivity index (χ0) is 24.2. The van der Waals surface area contributed by atoms with Gasteiger partial charge in [0.2, 0.25) is 5.91 Å². The molecule has 5 rings (SSSR count). The molecule has 3 atom stereocenters. The van der Waals surface area contributed by atoms with Crippen molar-refractivity contribution in [1.82, 2.24) is 10.6 Å². The number of carbonyl (C=O) groups excluding carboxylic acids is 3. The molecule has 4 fully saturated rings. The maximum absolute atomic E-state index is 12.7. The molecule has 4 saturated carbocycles. The molecule has 0 heterocycles. The number of rotatable bonds is 10. The third-order valence-corrected chi connectivity index (χ3v) is 7.40. The van der Waals surface area contributed by atoms with Crippen molar-refractivity contribution >= 4 is 18.1 Å². The smallest absolute Gasteiger partial charge is 0.408 e. The van der Waals surface area contributed by atoms with Crippen molar-refractivity contribution < 1.29 is 23.9 Å². The number of carbonyl (C=O) groups is 3. The maximum atomic E-state index is 12.7. The van der Waals surface area contributed by atoms with Crippen molar-refractivity contribution in [3.8, 4) is 0 Å². The highest BCUT2D eigenvalue weighted by Crippen LogP contribution is 2.58. The Labute approximate surface area is 200 Å². The molecule has 0 aromatic heterocycles. The maximum Gasteiger partial charge on any atom is 0.408 e. The Morgan fingerprint density at radius 2 is 1.74 bits per heavy atom. The van der Waals surface area contributed by atoms with E-state index in [0.717, 1.165) is 31.2 Å². The van der Waals surface area contributed by atoms with Crippen LogP contribution in [0.25, 0.3) is 0 Å². The van der Waals surface area contributed by atoms with Crippen LogP contribution in [-0.4, -0.2) is 41.8 Å². The number of ether oxygens (including phenoxy) is 2. The van der Waals surface area contributed by atoms with Gasteiger partial charge in [-0.25, -0.2) is 9.59 Å². The van der Waals surface area contributed by atoms with Gasteiger partial charge in [0, 0.05) is 18.5 Å². The molecule has 34 heavy (non-hydrogen) atoms. The summed E-state index contributed by atoms with van der Waals surface area (Å²) in [6, 6.07) is 8.61. The molecule has 4 aliphatic rings. The minimum absolute atomic E-state index is 0.205. The number of nitrogens with two attached hydrogens (primary N) is 2. The standard InChI is InChI=1S/C25H36N4O5/c26-21(30)20(8-4-5-9-28-22(31)33-15-17-6-2-1-3-7-17)29-23(32)34-25-13-18-10-19(14-25)12-24(27,11-18)16-25/h1-3,6-7,18-20H,4-5,8-16,27H2,(H2,26,30)(H,28,31)(H,29,32). The zero-order valence-electron chi connectivity index (χ0n) is 19.6. The van der Waals surface area contributed by atoms with Crippen molar-refractivity contribution in [1.29, 1.82) is 0 Å². The lowest BCUT2D eigenvalue weighted by Gasteiger charge is -2.59. The SMILES string of the molecule is NC(=O)C(CCCCNC(=O)OCc1ccccc1)NC(=O)OC12CC3CC(CC(N)(C3)C1)C2. The van der Waals surface area contributed by atoms with Gasteiger partial charge in [-0.2, -0.15) is 0 Å². The van der Waals surface area contributed by atoms with Crippen molar-refractivity contribution in [2.45, 2.75) is 81.6 Å². The lowest BCUT2D eigenvalue weighted by Crippen LogP contribution is -2.64. The molecule has 0 radical (unpaired) electrons. The molecule has 0 saturated heterocycles. The van der Waals surface area contributed by atoms with E-state index in [1.165, 1.54) is 6.42 Å². The van der Waals surface area contributed by atoms with E-state index >= 15 is 0 Å². The Morgan fingerprint density at radius 3 is 2.38 bits per heavy atom. The normalized spacial score (nSPS) is 29.8. The van der Waals surface area contributed by atoms with Crippen molar-refractivity contribution in [2.24, 2.45) is 23.3 Å². The predicted molar refractivity (Wildman–Crippen MR) is 125 cm³/mol. The molecule has 4 aliphatic carbocycles. The van der Waals surface area contributed by atoms with Crippen molar-refractivity contribution in [2.75, 3.05) is 6.54 Å². The number of nitrogens with one attached hydrogen (secondary N) is 2. The number of hydrogen-bond acceptors (Lipinski definition) is 6. The third kappa shape index (κ3) is 6.20. The van der Waals surface area contributed by atoms with Crippen LogP contribution in [-0.2, 0) is 20.9 Å². The molecule has 6 N–H and O–H groups in total. The molecule has 9 heteroatoms. The van der Waals surface area contributed by atoms with Gasteiger partial charge in [0.15, 0.2) is 0 Å². The van der Waals surface area contributed by atoms with E-state index < -0.39 is 29.7 Å². The number of benzene rings is 1. The Bertz CT molecular complexity index is 879. The van der Waals surface area contributed by atoms with E-state index in [4.69, 9.17) is 20.9 Å². The van der Waals surface area contributed by atoms with Gasteiger partial charge in [0.25, 0.3) is 0 Å². The summed E-state index contributed by atoms with van der Waals surface area (Å²) in [4.78, 5) is 36.3. The van der Waals surface area contributed by atoms with Crippen LogP contribution in [0.5, 0.6) is 0 Å². The Balaban J connectivity index is 1.15. The highest BCUT2D eigenvalue weighted by Gasteiger charge is 2.58. The van der Waals surface area contributed by atoms with Gasteiger partial charge in [-0.15, -0.1) is 0 Å². The summed E-state index contributed by atoms with van der Waals surface area (Å²) < 4.78 is 11.1. The summed E-state index contributed by atoms with van der Waals surface area (Å²) >= 11 is 0. The molecule has 3 amide bonds. The molecule has 0 spiro atoms. The molecule has 186 valence electrons. The summed E-state index contributed by atoms with van der Waals surface area (Å²) in [5, 5.41) is 5.34. The predicted octanol–water partition coefficient (Wildman–Crippen LogP) is 2.71. The number of primary amides is 1. The monoisotopic (exact) mass is 472 g/mol. The first-order valence-electron chi connectivity index (χ1n) is 12.3. The van der Waals surface area contributed by atoms with E-state index in [2.05, 4.69) is 10.6 Å². The highest BCUT2D eigenvalue weighted by molar-refractivity contribution is 5.84. The van der Waals surface area contributed by atoms with Gasteiger partial charge in [0.05, 0.1) is 0 Å². The summed E-state index contributed by atoms with van der Waals surface area (Å²) in [5.74, 6) is 0.420. The van der Waals surface area contributed by atoms with Crippen molar-refractivity contribution in [3.05, 3.63) is 35.9 Å². The summed E-state index contributed by atoms with van der Waals surface area (Å²) in [6.45, 7) is 0.602. The van der Waals surface area contributed by atoms with Crippen LogP contribution in [0.1, 0.15) is 63.4 Å². The third-order valence-electron chi connectivity index (χ3n) is 7.40. The van der Waals surface area contributed by atoms with Gasteiger partial charge in [-0.3, -0.25) is 4.79 Å². The topological polar surface area (TPSA) is 146 Å². The van der Waals surface area contributed by atoms with Gasteiger partial charge >= 0.3 is 12.2 Å². The van der Waals surface area contributed by atoms with E-state index in [9.17, 15) is 14.4 Å². The Hall–Kier alpha value is -2.81. The van der Waals surface area contributed by atoms with Gasteiger partial charge in [-0.05, 0) is 68.8 Å². The molecule has 1 aromatic rings. The van der Waals surface area contributed by atoms with E-state index in [1.54, 1.807) is 0 Å². The minimum Gasteiger partial charge on any atom is -0.445 e. The lowest BCUT2D eigenvalue weighted by atomic mass is 9.51. The molecule has 0 aliphatic heterocycles. The molecule has 3 unspecified atom stereocenters. The first kappa shape index (κ1) is 24.3. The van der Waals surface area contributed by atoms with Gasteiger partial charge < -0.3 is 31.6 Å². The van der Waals surface area contributed by atoms with E-state index in [-0.39, 0.29) is 12.1 Å². The highest BCUT2D eigenvalue weighted by atomic mass is 16.6. The van der Waals surface area contributed by atoms with Gasteiger partial charge in [-0.1, -0.05) is 30.3 Å². The van der Waals surface area contributed by atoms with E-state index in [0.29, 0.717) is 44.1 Å². The van der Waals surface area contributed by atoms with Crippen LogP contribution < -0.4 is 22.1 Å². The number of hydrogen-bond donors (Lipinski definition) is 4. The quantitative estimate of drug-likeness (QED) is 0.385. The van der Waals surface area contributed by atoms with Crippen LogP contribution >= 0.6 is 0 Å². The van der Waals surface area contributed by atoms with Gasteiger partial charge in [0.1, 0.15) is 18.2 Å². The average molecular weight is 473 g/mol. The molecular weight excluding hydrogens is 436 g/mol. The molecule has 9 nitrogen and oxygen atoms in total. The molecule has 4 bridgehead atoms. The number of amides is 3. The summed E-state index contributed by atoms with van der Waals surface area (Å²) in [5.41, 5.74) is 12.2. The average Bonchev–Trinajstić information content (AvgIpc) is 2.75. The summed E-state index contributed by atoms with van der Waals surface area (Å²) in [7, 11) is 0. The van der Waals surface area contributed by atoms with Crippen LogP contribution in [0.3, 0.4) is 0 Å². The number of alkyl carbamates (subject to hydrolysis) is 2. The first-order valence-corrected chi connectivity index (χ1v) is 12.3. The first-order chi connectivity index (χ1) is 16.2. The van der Waals surface area contributed by atoms with Crippen LogP contribution in [0.4, 0.5) is 9.59 Å². The molecular formula is C25H36N4O5. The zero-order valence-corrected chi connectivity index (χ0v) is 19.6. The number of unbranched alkanes of at least 4 members (excludes halogenated alkanes) is 1. The Morgan fingerprint density at radius 1 is 1.03 bits per heavy atom. The largest absolute Gasteiger partial charge is 0.445 e. The Kier molecular flexibility index (Phi) is 7.30. The van der Waals surface area contributed by atoms with Crippen LogP contribution in [0.2, 0.25) is 0 Å². The summed E-state index contributed by atoms with van der Waals surface area (Å²) in [6.07, 6.45) is 6.05. The minimum atomic E-state index is -0.821. The second-order valence-corrected chi connectivity index (χ2v) is 10.5.